The van der Waals surface area contributed by atoms with Gasteiger partial charge < -0.3 is 10.4 Å². The van der Waals surface area contributed by atoms with Gasteiger partial charge in [-0.05, 0) is 54.1 Å². The van der Waals surface area contributed by atoms with E-state index in [-0.39, 0.29) is 19.5 Å². The molecule has 0 spiro atoms. The molecule has 210 valence electrons. The minimum atomic E-state index is -4.56. The summed E-state index contributed by atoms with van der Waals surface area (Å²) in [7, 11) is 0. The molecule has 0 radical (unpaired) electrons. The molecule has 4 aromatic rings. The van der Waals surface area contributed by atoms with Crippen LogP contribution in [0.25, 0.3) is 22.5 Å². The van der Waals surface area contributed by atoms with Crippen LogP contribution < -0.4 is 5.32 Å². The number of carboxylic acid groups (broad SMARTS) is 1. The number of alkyl halides is 3. The van der Waals surface area contributed by atoms with Crippen molar-refractivity contribution >= 4 is 35.1 Å². The second-order valence-corrected chi connectivity index (χ2v) is 9.13. The van der Waals surface area contributed by atoms with E-state index in [2.05, 4.69) is 15.4 Å². The van der Waals surface area contributed by atoms with E-state index in [4.69, 9.17) is 28.3 Å². The van der Waals surface area contributed by atoms with Crippen LogP contribution in [0.3, 0.4) is 0 Å². The van der Waals surface area contributed by atoms with Crippen LogP contribution in [-0.4, -0.2) is 38.3 Å². The predicted molar refractivity (Wildman–Crippen MR) is 147 cm³/mol. The van der Waals surface area contributed by atoms with Gasteiger partial charge in [-0.15, -0.1) is 0 Å². The standard InChI is InChI=1S/C26H19Cl2F3N4O3.C2H6/c27-19-9-18(10-20(28)11-19)22-12-21(17-5-6-23(33-13-17)26(29,30)31)34-35(22)14-15-1-3-16(4-2-15)25(38)32-8-7-24(36)37;1-2/h1-6,9-13H,7-8,14H2,(H,32,38)(H,36,37);1-2H3. The maximum atomic E-state index is 12.9. The van der Waals surface area contributed by atoms with E-state index in [1.807, 2.05) is 13.8 Å². The number of halogens is 5. The zero-order chi connectivity index (χ0) is 29.4. The number of amides is 1. The van der Waals surface area contributed by atoms with Crippen LogP contribution in [0.5, 0.6) is 0 Å². The van der Waals surface area contributed by atoms with Gasteiger partial charge in [-0.3, -0.25) is 19.3 Å². The van der Waals surface area contributed by atoms with Gasteiger partial charge in [0.2, 0.25) is 0 Å². The molecular weight excluding hydrogens is 568 g/mol. The fourth-order valence-electron chi connectivity index (χ4n) is 3.65. The van der Waals surface area contributed by atoms with Crippen LogP contribution in [0.2, 0.25) is 10.0 Å². The van der Waals surface area contributed by atoms with Crippen molar-refractivity contribution in [2.75, 3.05) is 6.54 Å². The van der Waals surface area contributed by atoms with Crippen molar-refractivity contribution in [3.05, 3.63) is 93.7 Å². The van der Waals surface area contributed by atoms with Crippen LogP contribution in [0, 0.1) is 0 Å². The number of pyridine rings is 1. The van der Waals surface area contributed by atoms with Gasteiger partial charge in [0, 0.05) is 39.5 Å². The number of benzene rings is 2. The van der Waals surface area contributed by atoms with Crippen molar-refractivity contribution in [1.82, 2.24) is 20.1 Å². The smallest absolute Gasteiger partial charge is 0.433 e. The number of aliphatic carboxylic acids is 1. The largest absolute Gasteiger partial charge is 0.481 e. The van der Waals surface area contributed by atoms with Crippen LogP contribution >= 0.6 is 23.2 Å². The average molecular weight is 593 g/mol. The summed E-state index contributed by atoms with van der Waals surface area (Å²) in [5.41, 5.74) is 2.18. The van der Waals surface area contributed by atoms with Gasteiger partial charge in [-0.25, -0.2) is 0 Å². The Bertz CT molecular complexity index is 1450. The molecule has 0 fully saturated rings. The number of rotatable bonds is 8. The molecule has 0 aliphatic heterocycles. The first-order valence-corrected chi connectivity index (χ1v) is 12.9. The summed E-state index contributed by atoms with van der Waals surface area (Å²) in [6.07, 6.45) is -3.63. The van der Waals surface area contributed by atoms with Gasteiger partial charge in [0.05, 0.1) is 24.4 Å². The fraction of sp³-hybridized carbons (Fsp3) is 0.214. The summed E-state index contributed by atoms with van der Waals surface area (Å²) in [6.45, 7) is 4.27. The molecule has 0 unspecified atom stereocenters. The lowest BCUT2D eigenvalue weighted by molar-refractivity contribution is -0.141. The van der Waals surface area contributed by atoms with Gasteiger partial charge in [0.25, 0.3) is 5.91 Å². The summed E-state index contributed by atoms with van der Waals surface area (Å²) in [5, 5.41) is 16.6. The third-order valence-electron chi connectivity index (χ3n) is 5.46. The Morgan fingerprint density at radius 1 is 0.950 bits per heavy atom. The molecule has 0 saturated heterocycles. The normalized spacial score (nSPS) is 11.0. The molecule has 0 saturated carbocycles. The molecule has 0 aliphatic carbocycles. The monoisotopic (exact) mass is 592 g/mol. The Morgan fingerprint density at radius 2 is 1.60 bits per heavy atom. The third-order valence-corrected chi connectivity index (χ3v) is 5.90. The van der Waals surface area contributed by atoms with Crippen LogP contribution in [0.1, 0.15) is 41.9 Å². The molecule has 7 nitrogen and oxygen atoms in total. The zero-order valence-electron chi connectivity index (χ0n) is 21.5. The number of carbonyl (C=O) groups is 2. The number of carbonyl (C=O) groups excluding carboxylic acids is 1. The highest BCUT2D eigenvalue weighted by atomic mass is 35.5. The van der Waals surface area contributed by atoms with Gasteiger partial charge >= 0.3 is 12.1 Å². The highest BCUT2D eigenvalue weighted by Gasteiger charge is 2.32. The highest BCUT2D eigenvalue weighted by Crippen LogP contribution is 2.32. The number of carboxylic acids is 1. The number of hydrogen-bond acceptors (Lipinski definition) is 4. The molecule has 0 bridgehead atoms. The van der Waals surface area contributed by atoms with Gasteiger partial charge in [0.1, 0.15) is 5.69 Å². The third kappa shape index (κ3) is 8.06. The maximum absolute atomic E-state index is 12.9. The second-order valence-electron chi connectivity index (χ2n) is 8.26. The number of aromatic nitrogens is 3. The van der Waals surface area contributed by atoms with E-state index in [0.717, 1.165) is 17.8 Å². The average Bonchev–Trinajstić information content (AvgIpc) is 3.33. The summed E-state index contributed by atoms with van der Waals surface area (Å²) in [6, 6.07) is 15.5. The first-order valence-electron chi connectivity index (χ1n) is 12.2. The van der Waals surface area contributed by atoms with Gasteiger partial charge in [-0.1, -0.05) is 49.2 Å². The SMILES string of the molecule is CC.O=C(O)CCNC(=O)c1ccc(Cn2nc(-c3ccc(C(F)(F)F)nc3)cc2-c2cc(Cl)cc(Cl)c2)cc1. The lowest BCUT2D eigenvalue weighted by atomic mass is 10.1. The van der Waals surface area contributed by atoms with E-state index in [9.17, 15) is 22.8 Å². The van der Waals surface area contributed by atoms with Crippen molar-refractivity contribution in [2.45, 2.75) is 33.0 Å². The Labute approximate surface area is 238 Å². The van der Waals surface area contributed by atoms with Crippen LogP contribution in [0.15, 0.2) is 66.9 Å². The number of nitrogens with one attached hydrogen (secondary N) is 1. The van der Waals surface area contributed by atoms with Crippen molar-refractivity contribution in [3.63, 3.8) is 0 Å². The molecule has 12 heteroatoms. The molecule has 4 rings (SSSR count). The number of nitrogens with zero attached hydrogens (tertiary/aromatic N) is 3. The summed E-state index contributed by atoms with van der Waals surface area (Å²) >= 11 is 12.4. The van der Waals surface area contributed by atoms with E-state index < -0.39 is 23.7 Å². The first kappa shape index (κ1) is 30.6. The Hall–Kier alpha value is -3.89. The van der Waals surface area contributed by atoms with Gasteiger partial charge in [0.15, 0.2) is 0 Å². The molecule has 2 N–H and O–H groups in total. The minimum Gasteiger partial charge on any atom is -0.481 e. The lowest BCUT2D eigenvalue weighted by Gasteiger charge is -2.10. The van der Waals surface area contributed by atoms with Crippen molar-refractivity contribution in [1.29, 1.82) is 0 Å². The summed E-state index contributed by atoms with van der Waals surface area (Å²) < 4.78 is 40.5. The van der Waals surface area contributed by atoms with Crippen molar-refractivity contribution < 1.29 is 27.9 Å². The fourth-order valence-corrected chi connectivity index (χ4v) is 4.17. The Kier molecular flexibility index (Phi) is 10.3. The molecule has 2 heterocycles. The van der Waals surface area contributed by atoms with Crippen LogP contribution in [-0.2, 0) is 17.5 Å². The van der Waals surface area contributed by atoms with E-state index in [1.165, 1.54) is 6.07 Å². The lowest BCUT2D eigenvalue weighted by Crippen LogP contribution is -2.25. The number of hydrogen-bond donors (Lipinski definition) is 2. The molecule has 1 amide bonds. The zero-order valence-corrected chi connectivity index (χ0v) is 23.0. The first-order chi connectivity index (χ1) is 19.0. The molecule has 0 atom stereocenters. The quantitative estimate of drug-likeness (QED) is 0.225. The van der Waals surface area contributed by atoms with E-state index in [0.29, 0.717) is 38.1 Å². The molecule has 40 heavy (non-hydrogen) atoms. The Morgan fingerprint density at radius 3 is 2.15 bits per heavy atom. The van der Waals surface area contributed by atoms with Crippen molar-refractivity contribution in [3.8, 4) is 22.5 Å². The summed E-state index contributed by atoms with van der Waals surface area (Å²) in [5.74, 6) is -1.41. The van der Waals surface area contributed by atoms with Crippen LogP contribution in [0.4, 0.5) is 13.2 Å². The second kappa shape index (κ2) is 13.5. The predicted octanol–water partition coefficient (Wildman–Crippen LogP) is 7.22. The van der Waals surface area contributed by atoms with E-state index in [1.54, 1.807) is 53.2 Å². The molecular formula is C28H25Cl2F3N4O3. The maximum Gasteiger partial charge on any atom is 0.433 e. The molecule has 0 aliphatic rings. The summed E-state index contributed by atoms with van der Waals surface area (Å²) in [4.78, 5) is 26.4. The van der Waals surface area contributed by atoms with Gasteiger partial charge in [-0.2, -0.15) is 18.3 Å². The molecule has 2 aromatic carbocycles. The minimum absolute atomic E-state index is 0.0103. The van der Waals surface area contributed by atoms with E-state index >= 15 is 0 Å². The topological polar surface area (TPSA) is 97.1 Å². The van der Waals surface area contributed by atoms with Crippen molar-refractivity contribution in [2.24, 2.45) is 0 Å². The Balaban J connectivity index is 0.00000216. The molecule has 2 aromatic heterocycles. The highest BCUT2D eigenvalue weighted by molar-refractivity contribution is 6.35.